The van der Waals surface area contributed by atoms with E-state index in [-0.39, 0.29) is 0 Å². The number of hydrogen-bond acceptors (Lipinski definition) is 1. The van der Waals surface area contributed by atoms with E-state index >= 15 is 0 Å². The Morgan fingerprint density at radius 3 is 2.73 bits per heavy atom. The van der Waals surface area contributed by atoms with Gasteiger partial charge in [-0.1, -0.05) is 31.5 Å². The molecule has 0 spiro atoms. The molecule has 2 rings (SSSR count). The van der Waals surface area contributed by atoms with E-state index in [2.05, 4.69) is 18.9 Å². The quantitative estimate of drug-likeness (QED) is 0.756. The summed E-state index contributed by atoms with van der Waals surface area (Å²) in [5, 5.41) is 5.04. The Morgan fingerprint density at radius 2 is 2.07 bits per heavy atom. The normalized spacial score (nSPS) is 10.9. The zero-order valence-corrected chi connectivity index (χ0v) is 9.57. The number of rotatable bonds is 2. The predicted octanol–water partition coefficient (Wildman–Crippen LogP) is 3.65. The lowest BCUT2D eigenvalue weighted by Crippen LogP contribution is -2.03. The monoisotopic (exact) mass is 220 g/mol. The third-order valence-corrected chi connectivity index (χ3v) is 2.55. The van der Waals surface area contributed by atoms with Crippen molar-refractivity contribution in [2.24, 2.45) is 0 Å². The highest BCUT2D eigenvalue weighted by Gasteiger charge is 2.08. The van der Waals surface area contributed by atoms with Gasteiger partial charge in [0.05, 0.1) is 5.69 Å². The summed E-state index contributed by atoms with van der Waals surface area (Å²) >= 11 is 5.95. The van der Waals surface area contributed by atoms with Crippen LogP contribution in [0.1, 0.15) is 25.5 Å². The van der Waals surface area contributed by atoms with Crippen molar-refractivity contribution in [1.82, 2.24) is 9.78 Å². The Bertz CT molecular complexity index is 460. The van der Waals surface area contributed by atoms with Gasteiger partial charge in [0.1, 0.15) is 0 Å². The van der Waals surface area contributed by atoms with Crippen molar-refractivity contribution in [1.29, 1.82) is 0 Å². The first-order chi connectivity index (χ1) is 7.18. The first-order valence-electron chi connectivity index (χ1n) is 4.98. The van der Waals surface area contributed by atoms with Crippen molar-refractivity contribution in [3.05, 3.63) is 47.2 Å². The summed E-state index contributed by atoms with van der Waals surface area (Å²) in [5.74, 6) is 0.450. The molecule has 0 bridgehead atoms. The molecule has 0 N–H and O–H groups in total. The Morgan fingerprint density at radius 1 is 1.27 bits per heavy atom. The van der Waals surface area contributed by atoms with Gasteiger partial charge in [-0.3, -0.25) is 0 Å². The van der Waals surface area contributed by atoms with Crippen molar-refractivity contribution in [2.45, 2.75) is 19.8 Å². The highest BCUT2D eigenvalue weighted by atomic mass is 35.5. The summed E-state index contributed by atoms with van der Waals surface area (Å²) in [4.78, 5) is 0. The zero-order valence-electron chi connectivity index (χ0n) is 8.81. The maximum absolute atomic E-state index is 5.95. The molecular weight excluding hydrogens is 208 g/mol. The zero-order chi connectivity index (χ0) is 10.8. The Hall–Kier alpha value is -1.28. The fourth-order valence-electron chi connectivity index (χ4n) is 1.57. The molecule has 0 amide bonds. The molecule has 0 aliphatic heterocycles. The molecule has 0 atom stereocenters. The van der Waals surface area contributed by atoms with Crippen molar-refractivity contribution >= 4 is 11.6 Å². The van der Waals surface area contributed by atoms with E-state index in [1.807, 2.05) is 41.2 Å². The lowest BCUT2D eigenvalue weighted by Gasteiger charge is -2.10. The Labute approximate surface area is 94.5 Å². The van der Waals surface area contributed by atoms with E-state index in [9.17, 15) is 0 Å². The van der Waals surface area contributed by atoms with E-state index in [1.54, 1.807) is 0 Å². The van der Waals surface area contributed by atoms with Crippen LogP contribution >= 0.6 is 11.6 Å². The molecule has 1 aromatic carbocycles. The maximum atomic E-state index is 5.95. The summed E-state index contributed by atoms with van der Waals surface area (Å²) in [5.41, 5.74) is 2.20. The maximum Gasteiger partial charge on any atom is 0.0663 e. The first kappa shape index (κ1) is 10.2. The summed E-state index contributed by atoms with van der Waals surface area (Å²) in [7, 11) is 0. The molecular formula is C12H13ClN2. The van der Waals surface area contributed by atoms with Crippen molar-refractivity contribution in [2.75, 3.05) is 0 Å². The van der Waals surface area contributed by atoms with Crippen LogP contribution in [-0.2, 0) is 0 Å². The highest BCUT2D eigenvalue weighted by Crippen LogP contribution is 2.20. The van der Waals surface area contributed by atoms with Gasteiger partial charge in [0.25, 0.3) is 0 Å². The molecule has 0 unspecified atom stereocenters. The molecule has 2 aromatic rings. The van der Waals surface area contributed by atoms with E-state index in [0.717, 1.165) is 10.7 Å². The third-order valence-electron chi connectivity index (χ3n) is 2.32. The van der Waals surface area contributed by atoms with Crippen LogP contribution in [0.5, 0.6) is 0 Å². The third kappa shape index (κ3) is 2.05. The van der Waals surface area contributed by atoms with Gasteiger partial charge in [0, 0.05) is 16.9 Å². The molecule has 1 aromatic heterocycles. The fraction of sp³-hybridized carbons (Fsp3) is 0.250. The molecule has 0 aliphatic carbocycles. The fourth-order valence-corrected chi connectivity index (χ4v) is 1.76. The molecule has 78 valence electrons. The van der Waals surface area contributed by atoms with Gasteiger partial charge in [0.15, 0.2) is 0 Å². The number of hydrogen-bond donors (Lipinski definition) is 0. The smallest absolute Gasteiger partial charge is 0.0663 e. The van der Waals surface area contributed by atoms with Gasteiger partial charge in [0.2, 0.25) is 0 Å². The van der Waals surface area contributed by atoms with Gasteiger partial charge in [-0.05, 0) is 30.2 Å². The van der Waals surface area contributed by atoms with Crippen LogP contribution in [-0.4, -0.2) is 9.78 Å². The molecule has 0 aliphatic rings. The van der Waals surface area contributed by atoms with Crippen LogP contribution in [0, 0.1) is 0 Å². The van der Waals surface area contributed by atoms with Gasteiger partial charge in [-0.15, -0.1) is 0 Å². The van der Waals surface area contributed by atoms with E-state index < -0.39 is 0 Å². The second-order valence-electron chi connectivity index (χ2n) is 3.80. The molecule has 0 saturated heterocycles. The minimum Gasteiger partial charge on any atom is -0.238 e. The minimum absolute atomic E-state index is 0.450. The Balaban J connectivity index is 2.49. The minimum atomic E-state index is 0.450. The average molecular weight is 221 g/mol. The number of aromatic nitrogens is 2. The van der Waals surface area contributed by atoms with Crippen molar-refractivity contribution < 1.29 is 0 Å². The summed E-state index contributed by atoms with van der Waals surface area (Å²) in [6.07, 6.45) is 1.82. The van der Waals surface area contributed by atoms with Crippen LogP contribution in [0.25, 0.3) is 5.69 Å². The lowest BCUT2D eigenvalue weighted by molar-refractivity contribution is 0.734. The summed E-state index contributed by atoms with van der Waals surface area (Å²) in [6, 6.07) is 9.75. The second-order valence-corrected chi connectivity index (χ2v) is 4.24. The first-order valence-corrected chi connectivity index (χ1v) is 5.36. The molecule has 0 radical (unpaired) electrons. The number of benzene rings is 1. The second kappa shape index (κ2) is 4.07. The van der Waals surface area contributed by atoms with Gasteiger partial charge in [-0.25, -0.2) is 4.68 Å². The number of halogens is 1. The largest absolute Gasteiger partial charge is 0.238 e. The van der Waals surface area contributed by atoms with Crippen LogP contribution in [0.4, 0.5) is 0 Å². The van der Waals surface area contributed by atoms with Crippen LogP contribution < -0.4 is 0 Å². The molecule has 15 heavy (non-hydrogen) atoms. The summed E-state index contributed by atoms with van der Waals surface area (Å²) < 4.78 is 1.93. The van der Waals surface area contributed by atoms with E-state index in [4.69, 9.17) is 11.6 Å². The van der Waals surface area contributed by atoms with Crippen LogP contribution in [0.15, 0.2) is 36.5 Å². The van der Waals surface area contributed by atoms with Crippen molar-refractivity contribution in [3.8, 4) is 5.69 Å². The Kier molecular flexibility index (Phi) is 2.78. The van der Waals surface area contributed by atoms with Gasteiger partial charge < -0.3 is 0 Å². The topological polar surface area (TPSA) is 17.8 Å². The van der Waals surface area contributed by atoms with Gasteiger partial charge in [-0.2, -0.15) is 5.10 Å². The van der Waals surface area contributed by atoms with Crippen LogP contribution in [0.2, 0.25) is 5.02 Å². The number of nitrogens with zero attached hydrogens (tertiary/aromatic N) is 2. The SMILES string of the molecule is CC(C)c1ccnn1-c1cccc(Cl)c1. The molecule has 1 heterocycles. The standard InChI is InChI=1S/C12H13ClN2/c1-9(2)12-6-7-14-15(12)11-5-3-4-10(13)8-11/h3-9H,1-2H3. The summed E-state index contributed by atoms with van der Waals surface area (Å²) in [6.45, 7) is 4.30. The molecule has 3 heteroatoms. The average Bonchev–Trinajstić information content (AvgIpc) is 2.65. The van der Waals surface area contributed by atoms with E-state index in [0.29, 0.717) is 5.92 Å². The molecule has 0 fully saturated rings. The highest BCUT2D eigenvalue weighted by molar-refractivity contribution is 6.30. The predicted molar refractivity (Wildman–Crippen MR) is 62.7 cm³/mol. The molecule has 0 saturated carbocycles. The molecule has 2 nitrogen and oxygen atoms in total. The van der Waals surface area contributed by atoms with E-state index in [1.165, 1.54) is 5.69 Å². The van der Waals surface area contributed by atoms with Gasteiger partial charge >= 0.3 is 0 Å². The van der Waals surface area contributed by atoms with Crippen molar-refractivity contribution in [3.63, 3.8) is 0 Å². The lowest BCUT2D eigenvalue weighted by atomic mass is 10.1. The van der Waals surface area contributed by atoms with Crippen LogP contribution in [0.3, 0.4) is 0 Å².